The van der Waals surface area contributed by atoms with Gasteiger partial charge in [-0.3, -0.25) is 0 Å². The van der Waals surface area contributed by atoms with Gasteiger partial charge < -0.3 is 4.57 Å². The molecule has 0 saturated heterocycles. The minimum absolute atomic E-state index is 0.612. The largest absolute Gasteiger partial charge is 0.325 e. The quantitative estimate of drug-likeness (QED) is 0.756. The third-order valence-corrected chi connectivity index (χ3v) is 4.46. The highest BCUT2D eigenvalue weighted by molar-refractivity contribution is 6.17. The van der Waals surface area contributed by atoms with E-state index in [1.165, 1.54) is 30.3 Å². The van der Waals surface area contributed by atoms with Gasteiger partial charge in [-0.25, -0.2) is 4.98 Å². The van der Waals surface area contributed by atoms with E-state index in [1.807, 2.05) is 0 Å². The van der Waals surface area contributed by atoms with E-state index < -0.39 is 0 Å². The van der Waals surface area contributed by atoms with Crippen LogP contribution in [0, 0.1) is 12.8 Å². The van der Waals surface area contributed by atoms with E-state index in [-0.39, 0.29) is 0 Å². The molecule has 0 bridgehead atoms. The lowest BCUT2D eigenvalue weighted by Gasteiger charge is -2.16. The highest BCUT2D eigenvalue weighted by atomic mass is 35.5. The summed E-state index contributed by atoms with van der Waals surface area (Å²) < 4.78 is 2.46. The molecule has 0 N–H and O–H groups in total. The number of halogens is 1. The normalized spacial score (nSPS) is 23.3. The zero-order chi connectivity index (χ0) is 13.4. The first-order chi connectivity index (χ1) is 9.19. The van der Waals surface area contributed by atoms with Crippen LogP contribution in [0.3, 0.4) is 0 Å². The minimum atomic E-state index is 0.612. The van der Waals surface area contributed by atoms with Gasteiger partial charge in [0.1, 0.15) is 5.82 Å². The second-order valence-corrected chi connectivity index (χ2v) is 6.28. The number of aromatic nitrogens is 2. The first-order valence-corrected chi connectivity index (χ1v) is 7.76. The topological polar surface area (TPSA) is 17.8 Å². The fraction of sp³-hybridized carbons (Fsp3) is 0.562. The second-order valence-electron chi connectivity index (χ2n) is 5.90. The van der Waals surface area contributed by atoms with Gasteiger partial charge in [-0.15, -0.1) is 11.6 Å². The molecule has 2 nitrogen and oxygen atoms in total. The third-order valence-electron chi connectivity index (χ3n) is 4.27. The Balaban J connectivity index is 2.11. The van der Waals surface area contributed by atoms with E-state index >= 15 is 0 Å². The first kappa shape index (κ1) is 13.0. The summed E-state index contributed by atoms with van der Waals surface area (Å²) in [5.74, 6) is 2.64. The van der Waals surface area contributed by atoms with Crippen molar-refractivity contribution in [1.82, 2.24) is 9.55 Å². The number of imidazole rings is 1. The molecule has 1 fully saturated rings. The van der Waals surface area contributed by atoms with Gasteiger partial charge in [0.15, 0.2) is 0 Å². The Morgan fingerprint density at radius 3 is 2.89 bits per heavy atom. The van der Waals surface area contributed by atoms with E-state index in [2.05, 4.69) is 36.6 Å². The molecule has 2 unspecified atom stereocenters. The molecule has 1 heterocycles. The minimum Gasteiger partial charge on any atom is -0.325 e. The third kappa shape index (κ3) is 2.38. The van der Waals surface area contributed by atoms with Crippen LogP contribution in [0.5, 0.6) is 0 Å². The van der Waals surface area contributed by atoms with Gasteiger partial charge in [0.25, 0.3) is 0 Å². The van der Waals surface area contributed by atoms with Crippen LogP contribution >= 0.6 is 11.6 Å². The van der Waals surface area contributed by atoms with Crippen LogP contribution < -0.4 is 0 Å². The average molecular weight is 277 g/mol. The molecule has 1 aliphatic rings. The Bertz CT molecular complexity index is 588. The van der Waals surface area contributed by atoms with Crippen LogP contribution in [-0.2, 0) is 6.42 Å². The van der Waals surface area contributed by atoms with Crippen molar-refractivity contribution in [3.05, 3.63) is 29.6 Å². The maximum Gasteiger partial charge on any atom is 0.111 e. The van der Waals surface area contributed by atoms with Crippen molar-refractivity contribution in [2.75, 3.05) is 5.88 Å². The monoisotopic (exact) mass is 276 g/mol. The number of hydrogen-bond donors (Lipinski definition) is 0. The molecule has 1 aromatic heterocycles. The van der Waals surface area contributed by atoms with Crippen molar-refractivity contribution in [3.63, 3.8) is 0 Å². The summed E-state index contributed by atoms with van der Waals surface area (Å²) in [6, 6.07) is 7.20. The number of benzene rings is 1. The summed E-state index contributed by atoms with van der Waals surface area (Å²) in [5, 5.41) is 0. The van der Waals surface area contributed by atoms with Crippen molar-refractivity contribution in [1.29, 1.82) is 0 Å². The number of aryl methyl sites for hydroxylation is 2. The maximum atomic E-state index is 5.95. The molecule has 102 valence electrons. The molecule has 0 spiro atoms. The van der Waals surface area contributed by atoms with Crippen LogP contribution in [0.15, 0.2) is 18.2 Å². The molecule has 0 amide bonds. The van der Waals surface area contributed by atoms with Crippen molar-refractivity contribution < 1.29 is 0 Å². The first-order valence-electron chi connectivity index (χ1n) is 7.22. The fourth-order valence-electron chi connectivity index (χ4n) is 3.34. The summed E-state index contributed by atoms with van der Waals surface area (Å²) >= 11 is 5.95. The van der Waals surface area contributed by atoms with Crippen LogP contribution in [0.1, 0.15) is 43.6 Å². The Morgan fingerprint density at radius 2 is 2.21 bits per heavy atom. The van der Waals surface area contributed by atoms with Crippen molar-refractivity contribution in [2.24, 2.45) is 5.92 Å². The molecule has 3 heteroatoms. The lowest BCUT2D eigenvalue weighted by molar-refractivity contribution is 0.490. The molecule has 1 aromatic carbocycles. The zero-order valence-electron chi connectivity index (χ0n) is 11.7. The van der Waals surface area contributed by atoms with Crippen LogP contribution in [0.2, 0.25) is 0 Å². The van der Waals surface area contributed by atoms with Gasteiger partial charge in [-0.2, -0.15) is 0 Å². The number of nitrogens with zero attached hydrogens (tertiary/aromatic N) is 2. The number of alkyl halides is 1. The lowest BCUT2D eigenvalue weighted by atomic mass is 10.1. The molecule has 2 atom stereocenters. The molecule has 1 aliphatic carbocycles. The molecule has 0 aliphatic heterocycles. The van der Waals surface area contributed by atoms with Crippen LogP contribution in [0.4, 0.5) is 0 Å². The standard InChI is InChI=1S/C16H21ClN2/c1-11-3-5-13(9-11)19-15-6-4-12(2)10-14(15)18-16(19)7-8-17/h4,6,10-11,13H,3,5,7-9H2,1-2H3. The van der Waals surface area contributed by atoms with E-state index in [9.17, 15) is 0 Å². The lowest BCUT2D eigenvalue weighted by Crippen LogP contribution is -2.10. The van der Waals surface area contributed by atoms with Gasteiger partial charge in [-0.05, 0) is 49.8 Å². The van der Waals surface area contributed by atoms with Crippen molar-refractivity contribution in [3.8, 4) is 0 Å². The molecule has 19 heavy (non-hydrogen) atoms. The predicted molar refractivity (Wildman–Crippen MR) is 80.9 cm³/mol. The Hall–Kier alpha value is -1.02. The summed E-state index contributed by atoms with van der Waals surface area (Å²) in [6.07, 6.45) is 4.74. The molecule has 3 rings (SSSR count). The van der Waals surface area contributed by atoms with E-state index in [0.29, 0.717) is 11.9 Å². The molecular formula is C16H21ClN2. The van der Waals surface area contributed by atoms with Gasteiger partial charge in [0.05, 0.1) is 11.0 Å². The molecule has 0 radical (unpaired) electrons. The number of hydrogen-bond acceptors (Lipinski definition) is 1. The van der Waals surface area contributed by atoms with Crippen molar-refractivity contribution in [2.45, 2.75) is 45.6 Å². The SMILES string of the molecule is Cc1ccc2c(c1)nc(CCCl)n2C1CCC(C)C1. The highest BCUT2D eigenvalue weighted by Crippen LogP contribution is 2.37. The van der Waals surface area contributed by atoms with Gasteiger partial charge >= 0.3 is 0 Å². The van der Waals surface area contributed by atoms with E-state index in [4.69, 9.17) is 16.6 Å². The number of rotatable bonds is 3. The van der Waals surface area contributed by atoms with Crippen LogP contribution in [-0.4, -0.2) is 15.4 Å². The maximum absolute atomic E-state index is 5.95. The zero-order valence-corrected chi connectivity index (χ0v) is 12.5. The Morgan fingerprint density at radius 1 is 1.37 bits per heavy atom. The van der Waals surface area contributed by atoms with Crippen LogP contribution in [0.25, 0.3) is 11.0 Å². The van der Waals surface area contributed by atoms with Crippen molar-refractivity contribution >= 4 is 22.6 Å². The summed E-state index contributed by atoms with van der Waals surface area (Å²) in [6.45, 7) is 4.47. The predicted octanol–water partition coefficient (Wildman–Crippen LogP) is 4.49. The summed E-state index contributed by atoms with van der Waals surface area (Å²) in [5.41, 5.74) is 3.68. The summed E-state index contributed by atoms with van der Waals surface area (Å²) in [7, 11) is 0. The van der Waals surface area contributed by atoms with Gasteiger partial charge in [0.2, 0.25) is 0 Å². The average Bonchev–Trinajstić information content (AvgIpc) is 2.92. The highest BCUT2D eigenvalue weighted by Gasteiger charge is 2.26. The van der Waals surface area contributed by atoms with Gasteiger partial charge in [0, 0.05) is 18.3 Å². The van der Waals surface area contributed by atoms with Gasteiger partial charge in [-0.1, -0.05) is 13.0 Å². The van der Waals surface area contributed by atoms with E-state index in [1.54, 1.807) is 0 Å². The second kappa shape index (κ2) is 5.16. The molecular weight excluding hydrogens is 256 g/mol. The molecule has 2 aromatic rings. The Labute approximate surface area is 119 Å². The smallest absolute Gasteiger partial charge is 0.111 e. The number of fused-ring (bicyclic) bond motifs is 1. The fourth-order valence-corrected chi connectivity index (χ4v) is 3.51. The molecule has 1 saturated carbocycles. The van der Waals surface area contributed by atoms with E-state index in [0.717, 1.165) is 23.7 Å². The Kier molecular flexibility index (Phi) is 3.53. The summed E-state index contributed by atoms with van der Waals surface area (Å²) in [4.78, 5) is 4.81.